The highest BCUT2D eigenvalue weighted by Gasteiger charge is 2.39. The summed E-state index contributed by atoms with van der Waals surface area (Å²) < 4.78 is 0. The lowest BCUT2D eigenvalue weighted by Gasteiger charge is -2.45. The molecule has 17 heavy (non-hydrogen) atoms. The van der Waals surface area contributed by atoms with E-state index in [1.165, 1.54) is 37.8 Å². The molecule has 1 aromatic rings. The van der Waals surface area contributed by atoms with Gasteiger partial charge in [-0.1, -0.05) is 43.2 Å². The molecule has 0 bridgehead atoms. The van der Waals surface area contributed by atoms with Gasteiger partial charge in [-0.05, 0) is 25.5 Å². The van der Waals surface area contributed by atoms with E-state index in [4.69, 9.17) is 0 Å². The molecule has 0 amide bonds. The number of rotatable bonds is 1. The van der Waals surface area contributed by atoms with Crippen LogP contribution >= 0.6 is 0 Å². The van der Waals surface area contributed by atoms with Crippen LogP contribution in [0.1, 0.15) is 37.3 Å². The lowest BCUT2D eigenvalue weighted by Crippen LogP contribution is -2.58. The van der Waals surface area contributed by atoms with Gasteiger partial charge < -0.3 is 5.32 Å². The Morgan fingerprint density at radius 2 is 1.88 bits per heavy atom. The molecule has 1 aliphatic heterocycles. The molecule has 1 spiro atoms. The smallest absolute Gasteiger partial charge is 0.0470 e. The molecule has 1 aliphatic carbocycles. The molecule has 1 saturated carbocycles. The van der Waals surface area contributed by atoms with Gasteiger partial charge in [-0.2, -0.15) is 0 Å². The summed E-state index contributed by atoms with van der Waals surface area (Å²) in [5.74, 6) is 0. The lowest BCUT2D eigenvalue weighted by molar-refractivity contribution is 0.105. The second kappa shape index (κ2) is 4.43. The minimum absolute atomic E-state index is 0.431. The van der Waals surface area contributed by atoms with Gasteiger partial charge in [0.15, 0.2) is 0 Å². The van der Waals surface area contributed by atoms with Crippen molar-refractivity contribution in [3.8, 4) is 0 Å². The molecule has 2 nitrogen and oxygen atoms in total. The van der Waals surface area contributed by atoms with Crippen LogP contribution in [0.5, 0.6) is 0 Å². The number of hydrogen-bond donors (Lipinski definition) is 1. The monoisotopic (exact) mass is 230 g/mol. The molecule has 1 saturated heterocycles. The van der Waals surface area contributed by atoms with Gasteiger partial charge in [0.05, 0.1) is 0 Å². The van der Waals surface area contributed by atoms with Crippen LogP contribution in [0.2, 0.25) is 0 Å². The lowest BCUT2D eigenvalue weighted by atomic mass is 9.91. The van der Waals surface area contributed by atoms with Gasteiger partial charge in [0, 0.05) is 24.7 Å². The summed E-state index contributed by atoms with van der Waals surface area (Å²) in [5.41, 5.74) is 1.87. The predicted octanol–water partition coefficient (Wildman–Crippen LogP) is 2.58. The first kappa shape index (κ1) is 11.2. The fourth-order valence-corrected chi connectivity index (χ4v) is 3.55. The molecule has 0 aromatic heterocycles. The summed E-state index contributed by atoms with van der Waals surface area (Å²) in [4.78, 5) is 2.54. The van der Waals surface area contributed by atoms with Crippen molar-refractivity contribution in [2.24, 2.45) is 0 Å². The first-order valence-electron chi connectivity index (χ1n) is 6.79. The van der Waals surface area contributed by atoms with Crippen LogP contribution in [0, 0.1) is 0 Å². The minimum atomic E-state index is 0.431. The van der Waals surface area contributed by atoms with Crippen molar-refractivity contribution >= 4 is 0 Å². The highest BCUT2D eigenvalue weighted by atomic mass is 15.2. The number of nitrogens with one attached hydrogen (secondary N) is 1. The Morgan fingerprint density at radius 3 is 2.53 bits per heavy atom. The molecular formula is C15H22N2. The van der Waals surface area contributed by atoms with E-state index >= 15 is 0 Å². The standard InChI is InChI=1S/C15H22N2/c1-17-12-15(9-5-6-10-15)16-11-14(17)13-7-3-2-4-8-13/h2-4,7-8,14,16H,5-6,9-12H2,1H3. The average molecular weight is 230 g/mol. The first-order chi connectivity index (χ1) is 8.29. The summed E-state index contributed by atoms with van der Waals surface area (Å²) in [6.45, 7) is 2.30. The molecule has 92 valence electrons. The van der Waals surface area contributed by atoms with Gasteiger partial charge in [-0.3, -0.25) is 4.90 Å². The quantitative estimate of drug-likeness (QED) is 0.797. The normalized spacial score (nSPS) is 28.6. The zero-order valence-electron chi connectivity index (χ0n) is 10.7. The topological polar surface area (TPSA) is 15.3 Å². The Balaban J connectivity index is 1.74. The van der Waals surface area contributed by atoms with E-state index < -0.39 is 0 Å². The Bertz CT molecular complexity index is 368. The van der Waals surface area contributed by atoms with Crippen molar-refractivity contribution in [3.63, 3.8) is 0 Å². The maximum absolute atomic E-state index is 3.83. The third kappa shape index (κ3) is 2.12. The summed E-state index contributed by atoms with van der Waals surface area (Å²) in [6, 6.07) is 11.4. The highest BCUT2D eigenvalue weighted by Crippen LogP contribution is 2.35. The van der Waals surface area contributed by atoms with Crippen LogP contribution in [0.15, 0.2) is 30.3 Å². The summed E-state index contributed by atoms with van der Waals surface area (Å²) in [6.07, 6.45) is 5.52. The molecule has 1 heterocycles. The molecule has 1 unspecified atom stereocenters. The molecule has 1 aromatic carbocycles. The Kier molecular flexibility index (Phi) is 2.93. The Morgan fingerprint density at radius 1 is 1.18 bits per heavy atom. The fraction of sp³-hybridized carbons (Fsp3) is 0.600. The van der Waals surface area contributed by atoms with Crippen LogP contribution in [0.25, 0.3) is 0 Å². The number of piperazine rings is 1. The molecule has 2 aliphatic rings. The van der Waals surface area contributed by atoms with Crippen LogP contribution in [-0.4, -0.2) is 30.6 Å². The van der Waals surface area contributed by atoms with Crippen molar-refractivity contribution < 1.29 is 0 Å². The zero-order valence-corrected chi connectivity index (χ0v) is 10.7. The third-order valence-corrected chi connectivity index (χ3v) is 4.50. The summed E-state index contributed by atoms with van der Waals surface area (Å²) >= 11 is 0. The first-order valence-corrected chi connectivity index (χ1v) is 6.79. The molecule has 2 heteroatoms. The van der Waals surface area contributed by atoms with E-state index in [1.807, 2.05) is 0 Å². The number of nitrogens with zero attached hydrogens (tertiary/aromatic N) is 1. The van der Waals surface area contributed by atoms with E-state index in [2.05, 4.69) is 47.6 Å². The van der Waals surface area contributed by atoms with Crippen molar-refractivity contribution in [1.29, 1.82) is 0 Å². The van der Waals surface area contributed by atoms with E-state index in [0.717, 1.165) is 6.54 Å². The van der Waals surface area contributed by atoms with Crippen molar-refractivity contribution in [2.75, 3.05) is 20.1 Å². The van der Waals surface area contributed by atoms with E-state index in [1.54, 1.807) is 0 Å². The van der Waals surface area contributed by atoms with Crippen LogP contribution in [0.3, 0.4) is 0 Å². The number of benzene rings is 1. The predicted molar refractivity (Wildman–Crippen MR) is 71.0 cm³/mol. The molecule has 1 atom stereocenters. The molecule has 1 N–H and O–H groups in total. The second-order valence-corrected chi connectivity index (χ2v) is 5.71. The van der Waals surface area contributed by atoms with E-state index in [-0.39, 0.29) is 0 Å². The minimum Gasteiger partial charge on any atom is -0.308 e. The Labute approximate surface area is 104 Å². The largest absolute Gasteiger partial charge is 0.308 e. The number of hydrogen-bond acceptors (Lipinski definition) is 2. The Hall–Kier alpha value is -0.860. The fourth-order valence-electron chi connectivity index (χ4n) is 3.55. The van der Waals surface area contributed by atoms with Crippen molar-refractivity contribution in [2.45, 2.75) is 37.3 Å². The van der Waals surface area contributed by atoms with Gasteiger partial charge >= 0.3 is 0 Å². The molecular weight excluding hydrogens is 208 g/mol. The van der Waals surface area contributed by atoms with E-state index in [0.29, 0.717) is 11.6 Å². The molecule has 0 radical (unpaired) electrons. The second-order valence-electron chi connectivity index (χ2n) is 5.71. The van der Waals surface area contributed by atoms with Gasteiger partial charge in [-0.25, -0.2) is 0 Å². The van der Waals surface area contributed by atoms with Crippen molar-refractivity contribution in [3.05, 3.63) is 35.9 Å². The van der Waals surface area contributed by atoms with Gasteiger partial charge in [0.25, 0.3) is 0 Å². The van der Waals surface area contributed by atoms with Crippen LogP contribution in [-0.2, 0) is 0 Å². The van der Waals surface area contributed by atoms with Gasteiger partial charge in [-0.15, -0.1) is 0 Å². The van der Waals surface area contributed by atoms with Crippen LogP contribution in [0.4, 0.5) is 0 Å². The van der Waals surface area contributed by atoms with E-state index in [9.17, 15) is 0 Å². The summed E-state index contributed by atoms with van der Waals surface area (Å²) in [5, 5.41) is 3.83. The van der Waals surface area contributed by atoms with Gasteiger partial charge in [0.2, 0.25) is 0 Å². The average Bonchev–Trinajstić information content (AvgIpc) is 2.79. The maximum atomic E-state index is 3.83. The SMILES string of the molecule is CN1CC2(CCCC2)NCC1c1ccccc1. The highest BCUT2D eigenvalue weighted by molar-refractivity contribution is 5.21. The summed E-state index contributed by atoms with van der Waals surface area (Å²) in [7, 11) is 2.28. The molecule has 3 rings (SSSR count). The van der Waals surface area contributed by atoms with Crippen LogP contribution < -0.4 is 5.32 Å². The zero-order chi connectivity index (χ0) is 11.7. The maximum Gasteiger partial charge on any atom is 0.0470 e. The van der Waals surface area contributed by atoms with Gasteiger partial charge in [0.1, 0.15) is 0 Å². The molecule has 2 fully saturated rings. The van der Waals surface area contributed by atoms with Crippen molar-refractivity contribution in [1.82, 2.24) is 10.2 Å². The number of likely N-dealkylation sites (N-methyl/N-ethyl adjacent to an activating group) is 1. The third-order valence-electron chi connectivity index (χ3n) is 4.50.